The molecule has 1 heterocycles. The average molecular weight is 234 g/mol. The third-order valence-electron chi connectivity index (χ3n) is 2.89. The number of nitrogens with zero attached hydrogens (tertiary/aromatic N) is 1. The molecule has 0 unspecified atom stereocenters. The van der Waals surface area contributed by atoms with Crippen molar-refractivity contribution in [2.45, 2.75) is 25.6 Å². The lowest BCUT2D eigenvalue weighted by molar-refractivity contribution is -0.136. The summed E-state index contributed by atoms with van der Waals surface area (Å²) in [6, 6.07) is 8.55. The number of rotatable bonds is 3. The van der Waals surface area contributed by atoms with Gasteiger partial charge in [-0.1, -0.05) is 30.3 Å². The van der Waals surface area contributed by atoms with E-state index in [0.29, 0.717) is 0 Å². The predicted molar refractivity (Wildman–Crippen MR) is 61.4 cm³/mol. The van der Waals surface area contributed by atoms with Gasteiger partial charge < -0.3 is 10.4 Å². The first kappa shape index (κ1) is 11.4. The van der Waals surface area contributed by atoms with E-state index in [-0.39, 0.29) is 18.5 Å². The second-order valence-electron chi connectivity index (χ2n) is 4.14. The highest BCUT2D eigenvalue weighted by atomic mass is 16.4. The van der Waals surface area contributed by atoms with E-state index in [1.54, 1.807) is 6.92 Å². The third-order valence-corrected chi connectivity index (χ3v) is 2.89. The second kappa shape index (κ2) is 4.45. The monoisotopic (exact) mass is 234 g/mol. The topological polar surface area (TPSA) is 69.6 Å². The quantitative estimate of drug-likeness (QED) is 0.768. The molecule has 5 nitrogen and oxygen atoms in total. The van der Waals surface area contributed by atoms with Gasteiger partial charge in [-0.25, -0.2) is 4.79 Å². The molecule has 0 radical (unpaired) electrons. The number of hydrogen-bond acceptors (Lipinski definition) is 2. The molecule has 2 atom stereocenters. The minimum absolute atomic E-state index is 0.123. The predicted octanol–water partition coefficient (Wildman–Crippen LogP) is 1.05. The van der Waals surface area contributed by atoms with Gasteiger partial charge in [-0.15, -0.1) is 0 Å². The molecule has 90 valence electrons. The van der Waals surface area contributed by atoms with Crippen molar-refractivity contribution in [1.82, 2.24) is 10.2 Å². The van der Waals surface area contributed by atoms with Gasteiger partial charge in [0.2, 0.25) is 5.91 Å². The standard InChI is InChI=1S/C12H14N2O3/c1-8-10(11(15)13-8)14(12(16)17)7-9-5-3-2-4-6-9/h2-6,8,10H,7H2,1H3,(H,13,15)(H,16,17)/t8-,10-/m1/s1. The molecule has 0 saturated carbocycles. The van der Waals surface area contributed by atoms with E-state index in [1.165, 1.54) is 4.90 Å². The van der Waals surface area contributed by atoms with Crippen LogP contribution in [0.5, 0.6) is 0 Å². The highest BCUT2D eigenvalue weighted by molar-refractivity contribution is 5.91. The molecule has 17 heavy (non-hydrogen) atoms. The molecule has 1 fully saturated rings. The Morgan fingerprint density at radius 2 is 2.06 bits per heavy atom. The largest absolute Gasteiger partial charge is 0.465 e. The average Bonchev–Trinajstić information content (AvgIpc) is 2.29. The molecule has 5 heteroatoms. The maximum atomic E-state index is 11.4. The lowest BCUT2D eigenvalue weighted by atomic mass is 9.99. The highest BCUT2D eigenvalue weighted by Gasteiger charge is 2.42. The summed E-state index contributed by atoms with van der Waals surface area (Å²) in [6.45, 7) is 2.03. The van der Waals surface area contributed by atoms with E-state index >= 15 is 0 Å². The van der Waals surface area contributed by atoms with E-state index in [1.807, 2.05) is 30.3 Å². The second-order valence-corrected chi connectivity index (χ2v) is 4.14. The fourth-order valence-corrected chi connectivity index (χ4v) is 2.00. The molecular formula is C12H14N2O3. The Bertz CT molecular complexity index is 433. The van der Waals surface area contributed by atoms with Crippen LogP contribution in [0, 0.1) is 0 Å². The molecule has 2 amide bonds. The summed E-state index contributed by atoms with van der Waals surface area (Å²) in [6.07, 6.45) is -1.07. The Kier molecular flexibility index (Phi) is 2.99. The molecular weight excluding hydrogens is 220 g/mol. The molecule has 1 aliphatic heterocycles. The smallest absolute Gasteiger partial charge is 0.408 e. The zero-order valence-corrected chi connectivity index (χ0v) is 9.46. The van der Waals surface area contributed by atoms with Crippen LogP contribution in [0.4, 0.5) is 4.79 Å². The lowest BCUT2D eigenvalue weighted by Crippen LogP contribution is -2.68. The van der Waals surface area contributed by atoms with Crippen LogP contribution in [-0.2, 0) is 11.3 Å². The number of benzene rings is 1. The number of nitrogens with one attached hydrogen (secondary N) is 1. The number of carboxylic acid groups (broad SMARTS) is 1. The summed E-state index contributed by atoms with van der Waals surface area (Å²) in [4.78, 5) is 23.7. The van der Waals surface area contributed by atoms with Crippen molar-refractivity contribution in [2.24, 2.45) is 0 Å². The number of carbonyl (C=O) groups excluding carboxylic acids is 1. The Hall–Kier alpha value is -2.04. The minimum atomic E-state index is -1.07. The summed E-state index contributed by atoms with van der Waals surface area (Å²) in [5, 5.41) is 11.8. The fraction of sp³-hybridized carbons (Fsp3) is 0.333. The van der Waals surface area contributed by atoms with Gasteiger partial charge in [-0.05, 0) is 12.5 Å². The Labute approximate surface area is 99.0 Å². The van der Waals surface area contributed by atoms with Gasteiger partial charge in [0.25, 0.3) is 0 Å². The van der Waals surface area contributed by atoms with E-state index in [9.17, 15) is 9.59 Å². The van der Waals surface area contributed by atoms with Gasteiger partial charge in [0, 0.05) is 6.54 Å². The van der Waals surface area contributed by atoms with Gasteiger partial charge in [-0.3, -0.25) is 9.69 Å². The van der Waals surface area contributed by atoms with Gasteiger partial charge in [0.05, 0.1) is 6.04 Å². The summed E-state index contributed by atoms with van der Waals surface area (Å²) >= 11 is 0. The van der Waals surface area contributed by atoms with Crippen molar-refractivity contribution >= 4 is 12.0 Å². The number of amides is 2. The van der Waals surface area contributed by atoms with Crippen LogP contribution in [0.1, 0.15) is 12.5 Å². The van der Waals surface area contributed by atoms with Crippen molar-refractivity contribution in [3.63, 3.8) is 0 Å². The van der Waals surface area contributed by atoms with Crippen molar-refractivity contribution in [1.29, 1.82) is 0 Å². The van der Waals surface area contributed by atoms with Gasteiger partial charge in [0.1, 0.15) is 6.04 Å². The molecule has 1 aliphatic rings. The molecule has 1 aromatic rings. The van der Waals surface area contributed by atoms with Gasteiger partial charge in [-0.2, -0.15) is 0 Å². The van der Waals surface area contributed by atoms with Crippen molar-refractivity contribution in [3.8, 4) is 0 Å². The SMILES string of the molecule is C[C@H]1NC(=O)[C@@H]1N(Cc1ccccc1)C(=O)O. The number of carbonyl (C=O) groups is 2. The molecule has 0 spiro atoms. The molecule has 0 bridgehead atoms. The van der Waals surface area contributed by atoms with E-state index in [0.717, 1.165) is 5.56 Å². The molecule has 1 saturated heterocycles. The first-order valence-corrected chi connectivity index (χ1v) is 5.43. The Balaban J connectivity index is 2.14. The van der Waals surface area contributed by atoms with Crippen molar-refractivity contribution < 1.29 is 14.7 Å². The summed E-state index contributed by atoms with van der Waals surface area (Å²) in [5.41, 5.74) is 0.877. The van der Waals surface area contributed by atoms with Crippen LogP contribution >= 0.6 is 0 Å². The van der Waals surface area contributed by atoms with E-state index < -0.39 is 12.1 Å². The third kappa shape index (κ3) is 2.22. The first-order valence-electron chi connectivity index (χ1n) is 5.43. The van der Waals surface area contributed by atoms with Crippen LogP contribution in [-0.4, -0.2) is 34.1 Å². The van der Waals surface area contributed by atoms with Crippen molar-refractivity contribution in [2.75, 3.05) is 0 Å². The summed E-state index contributed by atoms with van der Waals surface area (Å²) in [5.74, 6) is -0.226. The number of β-lactam (4-membered cyclic amide) rings is 1. The van der Waals surface area contributed by atoms with Gasteiger partial charge in [0.15, 0.2) is 0 Å². The van der Waals surface area contributed by atoms with E-state index in [2.05, 4.69) is 5.32 Å². The molecule has 0 aliphatic carbocycles. The first-order chi connectivity index (χ1) is 8.09. The van der Waals surface area contributed by atoms with Crippen LogP contribution in [0.15, 0.2) is 30.3 Å². The minimum Gasteiger partial charge on any atom is -0.465 e. The number of hydrogen-bond donors (Lipinski definition) is 2. The maximum Gasteiger partial charge on any atom is 0.408 e. The van der Waals surface area contributed by atoms with Crippen LogP contribution in [0.25, 0.3) is 0 Å². The zero-order chi connectivity index (χ0) is 12.4. The normalized spacial score (nSPS) is 22.5. The molecule has 0 aromatic heterocycles. The summed E-state index contributed by atoms with van der Waals surface area (Å²) in [7, 11) is 0. The molecule has 2 N–H and O–H groups in total. The van der Waals surface area contributed by atoms with Gasteiger partial charge >= 0.3 is 6.09 Å². The summed E-state index contributed by atoms with van der Waals surface area (Å²) < 4.78 is 0. The van der Waals surface area contributed by atoms with Crippen LogP contribution in [0.3, 0.4) is 0 Å². The molecule has 2 rings (SSSR count). The van der Waals surface area contributed by atoms with Crippen molar-refractivity contribution in [3.05, 3.63) is 35.9 Å². The molecule has 1 aromatic carbocycles. The van der Waals surface area contributed by atoms with Crippen LogP contribution in [0.2, 0.25) is 0 Å². The zero-order valence-electron chi connectivity index (χ0n) is 9.46. The Morgan fingerprint density at radius 1 is 1.41 bits per heavy atom. The lowest BCUT2D eigenvalue weighted by Gasteiger charge is -2.40. The Morgan fingerprint density at radius 3 is 2.53 bits per heavy atom. The maximum absolute atomic E-state index is 11.4. The highest BCUT2D eigenvalue weighted by Crippen LogP contribution is 2.17. The fourth-order valence-electron chi connectivity index (χ4n) is 2.00. The van der Waals surface area contributed by atoms with E-state index in [4.69, 9.17) is 5.11 Å². The van der Waals surface area contributed by atoms with Crippen LogP contribution < -0.4 is 5.32 Å².